The molecule has 2 aromatic carbocycles. The normalized spacial score (nSPS) is 10.9. The van der Waals surface area contributed by atoms with Crippen molar-refractivity contribution in [1.82, 2.24) is 0 Å². The molecule has 0 heterocycles. The molecule has 27 heavy (non-hydrogen) atoms. The molecule has 0 radical (unpaired) electrons. The molecule has 0 aromatic heterocycles. The Morgan fingerprint density at radius 3 is 2.48 bits per heavy atom. The predicted octanol–water partition coefficient (Wildman–Crippen LogP) is 4.79. The standard InChI is InChI=1S/C21H20F2O4/c1-12(2)4-8-15-18(25)11-19(27-3)20(21(15)26)17(24)9-6-13-5-7-14(22)10-16(13)23/h4-7,9-11,25-26H,8H2,1-3H3. The number of hydrogen-bond acceptors (Lipinski definition) is 4. The number of carbonyl (C=O) groups is 1. The third-order valence-corrected chi connectivity index (χ3v) is 3.90. The van der Waals surface area contributed by atoms with E-state index in [1.165, 1.54) is 25.3 Å². The Balaban J connectivity index is 2.46. The lowest BCUT2D eigenvalue weighted by Crippen LogP contribution is -2.02. The van der Waals surface area contributed by atoms with Crippen molar-refractivity contribution in [2.24, 2.45) is 0 Å². The number of ether oxygens (including phenoxy) is 1. The van der Waals surface area contributed by atoms with Crippen LogP contribution in [0, 0.1) is 11.6 Å². The van der Waals surface area contributed by atoms with Crippen LogP contribution >= 0.6 is 0 Å². The van der Waals surface area contributed by atoms with E-state index in [0.717, 1.165) is 17.7 Å². The summed E-state index contributed by atoms with van der Waals surface area (Å²) in [5, 5.41) is 20.6. The number of methoxy groups -OCH3 is 1. The summed E-state index contributed by atoms with van der Waals surface area (Å²) in [6.07, 6.45) is 4.24. The van der Waals surface area contributed by atoms with Crippen LogP contribution < -0.4 is 4.74 Å². The fourth-order valence-corrected chi connectivity index (χ4v) is 2.46. The summed E-state index contributed by atoms with van der Waals surface area (Å²) in [6.45, 7) is 3.73. The second kappa shape index (κ2) is 8.49. The molecule has 0 aliphatic heterocycles. The van der Waals surface area contributed by atoms with Crippen LogP contribution in [-0.2, 0) is 6.42 Å². The van der Waals surface area contributed by atoms with Crippen LogP contribution in [0.15, 0.2) is 42.0 Å². The Bertz CT molecular complexity index is 926. The van der Waals surface area contributed by atoms with E-state index >= 15 is 0 Å². The van der Waals surface area contributed by atoms with Gasteiger partial charge in [-0.25, -0.2) is 8.78 Å². The first-order valence-corrected chi connectivity index (χ1v) is 8.17. The summed E-state index contributed by atoms with van der Waals surface area (Å²) in [5.41, 5.74) is 1.03. The van der Waals surface area contributed by atoms with Gasteiger partial charge in [0.1, 0.15) is 34.4 Å². The highest BCUT2D eigenvalue weighted by Gasteiger charge is 2.22. The van der Waals surface area contributed by atoms with Gasteiger partial charge in [-0.2, -0.15) is 0 Å². The van der Waals surface area contributed by atoms with Crippen molar-refractivity contribution in [3.8, 4) is 17.2 Å². The van der Waals surface area contributed by atoms with E-state index in [2.05, 4.69) is 0 Å². The highest BCUT2D eigenvalue weighted by molar-refractivity contribution is 6.11. The number of benzene rings is 2. The van der Waals surface area contributed by atoms with Crippen molar-refractivity contribution in [2.75, 3.05) is 7.11 Å². The summed E-state index contributed by atoms with van der Waals surface area (Å²) < 4.78 is 31.8. The lowest BCUT2D eigenvalue weighted by atomic mass is 9.99. The molecule has 2 rings (SSSR count). The van der Waals surface area contributed by atoms with Crippen LogP contribution in [0.25, 0.3) is 6.08 Å². The number of phenols is 2. The summed E-state index contributed by atoms with van der Waals surface area (Å²) in [4.78, 5) is 12.6. The number of ketones is 1. The van der Waals surface area contributed by atoms with Gasteiger partial charge in [0.05, 0.1) is 7.11 Å². The van der Waals surface area contributed by atoms with E-state index in [4.69, 9.17) is 4.74 Å². The Kier molecular flexibility index (Phi) is 6.34. The Morgan fingerprint density at radius 1 is 1.19 bits per heavy atom. The number of allylic oxidation sites excluding steroid dienone is 3. The van der Waals surface area contributed by atoms with Crippen molar-refractivity contribution >= 4 is 11.9 Å². The second-order valence-corrected chi connectivity index (χ2v) is 6.15. The number of carbonyl (C=O) groups excluding carboxylic acids is 1. The zero-order chi connectivity index (χ0) is 20.1. The highest BCUT2D eigenvalue weighted by atomic mass is 19.1. The van der Waals surface area contributed by atoms with Crippen LogP contribution in [0.2, 0.25) is 0 Å². The SMILES string of the molecule is COc1cc(O)c(CC=C(C)C)c(O)c1C(=O)C=Cc1ccc(F)cc1F. The third-order valence-electron chi connectivity index (χ3n) is 3.90. The third kappa shape index (κ3) is 4.73. The van der Waals surface area contributed by atoms with E-state index in [1.807, 2.05) is 13.8 Å². The number of hydrogen-bond donors (Lipinski definition) is 2. The largest absolute Gasteiger partial charge is 0.507 e. The van der Waals surface area contributed by atoms with Gasteiger partial charge in [0, 0.05) is 23.3 Å². The van der Waals surface area contributed by atoms with Gasteiger partial charge < -0.3 is 14.9 Å². The first-order chi connectivity index (χ1) is 12.7. The molecular weight excluding hydrogens is 354 g/mol. The fraction of sp³-hybridized carbons (Fsp3) is 0.190. The van der Waals surface area contributed by atoms with Crippen LogP contribution in [-0.4, -0.2) is 23.1 Å². The van der Waals surface area contributed by atoms with Gasteiger partial charge in [0.2, 0.25) is 0 Å². The Hall–Kier alpha value is -3.15. The molecule has 0 bridgehead atoms. The molecular formula is C21H20F2O4. The molecule has 0 aliphatic rings. The second-order valence-electron chi connectivity index (χ2n) is 6.15. The fourth-order valence-electron chi connectivity index (χ4n) is 2.46. The first-order valence-electron chi connectivity index (χ1n) is 8.17. The van der Waals surface area contributed by atoms with E-state index in [-0.39, 0.29) is 34.6 Å². The van der Waals surface area contributed by atoms with Gasteiger partial charge in [-0.1, -0.05) is 11.6 Å². The predicted molar refractivity (Wildman–Crippen MR) is 99.2 cm³/mol. The minimum absolute atomic E-state index is 0.0137. The number of halogens is 2. The zero-order valence-corrected chi connectivity index (χ0v) is 15.2. The Morgan fingerprint density at radius 2 is 1.89 bits per heavy atom. The van der Waals surface area contributed by atoms with Gasteiger partial charge in [-0.05, 0) is 44.6 Å². The first kappa shape index (κ1) is 20.2. The minimum Gasteiger partial charge on any atom is -0.507 e. The maximum Gasteiger partial charge on any atom is 0.193 e. The lowest BCUT2D eigenvalue weighted by molar-refractivity contribution is 0.104. The summed E-state index contributed by atoms with van der Waals surface area (Å²) >= 11 is 0. The van der Waals surface area contributed by atoms with Crippen LogP contribution in [0.4, 0.5) is 8.78 Å². The van der Waals surface area contributed by atoms with Gasteiger partial charge in [0.15, 0.2) is 5.78 Å². The van der Waals surface area contributed by atoms with Gasteiger partial charge in [-0.3, -0.25) is 4.79 Å². The molecule has 0 fully saturated rings. The van der Waals surface area contributed by atoms with Crippen LogP contribution in [0.1, 0.15) is 35.3 Å². The molecule has 0 spiro atoms. The minimum atomic E-state index is -0.815. The molecule has 0 atom stereocenters. The molecule has 2 aromatic rings. The zero-order valence-electron chi connectivity index (χ0n) is 15.2. The van der Waals surface area contributed by atoms with Gasteiger partial charge in [-0.15, -0.1) is 0 Å². The monoisotopic (exact) mass is 374 g/mol. The molecule has 0 saturated carbocycles. The summed E-state index contributed by atoms with van der Waals surface area (Å²) in [5.74, 6) is -2.81. The molecule has 142 valence electrons. The summed E-state index contributed by atoms with van der Waals surface area (Å²) in [7, 11) is 1.30. The average Bonchev–Trinajstić information content (AvgIpc) is 2.59. The molecule has 0 unspecified atom stereocenters. The topological polar surface area (TPSA) is 66.8 Å². The average molecular weight is 374 g/mol. The van der Waals surface area contributed by atoms with Crippen molar-refractivity contribution in [3.63, 3.8) is 0 Å². The van der Waals surface area contributed by atoms with Gasteiger partial charge in [0.25, 0.3) is 0 Å². The summed E-state index contributed by atoms with van der Waals surface area (Å²) in [6, 6.07) is 4.22. The molecule has 2 N–H and O–H groups in total. The molecule has 4 nitrogen and oxygen atoms in total. The van der Waals surface area contributed by atoms with Crippen molar-refractivity contribution < 1.29 is 28.5 Å². The van der Waals surface area contributed by atoms with Crippen LogP contribution in [0.3, 0.4) is 0 Å². The molecule has 6 heteroatoms. The number of aromatic hydroxyl groups is 2. The number of phenolic OH excluding ortho intramolecular Hbond substituents is 2. The van der Waals surface area contributed by atoms with Crippen molar-refractivity contribution in [1.29, 1.82) is 0 Å². The van der Waals surface area contributed by atoms with E-state index < -0.39 is 23.2 Å². The van der Waals surface area contributed by atoms with Gasteiger partial charge >= 0.3 is 0 Å². The molecule has 0 aliphatic carbocycles. The molecule has 0 amide bonds. The van der Waals surface area contributed by atoms with Crippen LogP contribution in [0.5, 0.6) is 17.2 Å². The maximum absolute atomic E-state index is 13.7. The van der Waals surface area contributed by atoms with Crippen molar-refractivity contribution in [3.05, 3.63) is 70.3 Å². The van der Waals surface area contributed by atoms with E-state index in [0.29, 0.717) is 6.07 Å². The maximum atomic E-state index is 13.7. The molecule has 0 saturated heterocycles. The lowest BCUT2D eigenvalue weighted by Gasteiger charge is -2.13. The quantitative estimate of drug-likeness (QED) is 0.433. The van der Waals surface area contributed by atoms with E-state index in [9.17, 15) is 23.8 Å². The smallest absolute Gasteiger partial charge is 0.193 e. The highest BCUT2D eigenvalue weighted by Crippen LogP contribution is 2.39. The Labute approximate surface area is 156 Å². The van der Waals surface area contributed by atoms with E-state index in [1.54, 1.807) is 6.08 Å². The number of rotatable bonds is 6. The van der Waals surface area contributed by atoms with Crippen molar-refractivity contribution in [2.45, 2.75) is 20.3 Å².